The molecule has 0 spiro atoms. The summed E-state index contributed by atoms with van der Waals surface area (Å²) in [6.07, 6.45) is -5.59. The second-order valence-corrected chi connectivity index (χ2v) is 10.3. The topological polar surface area (TPSA) is 167 Å². The second kappa shape index (κ2) is 9.74. The minimum atomic E-state index is -1.82. The summed E-state index contributed by atoms with van der Waals surface area (Å²) in [5, 5.41) is 56.8. The quantitative estimate of drug-likeness (QED) is 0.347. The third-order valence-electron chi connectivity index (χ3n) is 7.47. The molecule has 1 saturated carbocycles. The lowest BCUT2D eigenvalue weighted by Crippen LogP contribution is -2.61. The number of hydrogen-bond donors (Lipinski definition) is 5. The largest absolute Gasteiger partial charge is 0.479 e. The van der Waals surface area contributed by atoms with Gasteiger partial charge in [-0.1, -0.05) is 37.6 Å². The summed E-state index contributed by atoms with van der Waals surface area (Å²) in [5.74, 6) is -1.83. The molecule has 0 radical (unpaired) electrons. The lowest BCUT2D eigenvalue weighted by atomic mass is 9.72. The number of carboxylic acid groups (broad SMARTS) is 1. The average Bonchev–Trinajstić information content (AvgIpc) is 3.37. The number of carboxylic acids is 1. The van der Waals surface area contributed by atoms with E-state index in [1.165, 1.54) is 17.3 Å². The van der Waals surface area contributed by atoms with Gasteiger partial charge in [0.25, 0.3) is 0 Å². The van der Waals surface area contributed by atoms with Crippen molar-refractivity contribution >= 4 is 17.6 Å². The summed E-state index contributed by atoms with van der Waals surface area (Å²) < 4.78 is 12.9. The number of hydrogen-bond acceptors (Lipinski definition) is 9. The van der Waals surface area contributed by atoms with Gasteiger partial charge < -0.3 is 35.0 Å². The highest BCUT2D eigenvalue weighted by molar-refractivity contribution is 6.30. The van der Waals surface area contributed by atoms with Crippen LogP contribution < -0.4 is 0 Å². The molecule has 2 fully saturated rings. The number of halogens is 1. The zero-order valence-corrected chi connectivity index (χ0v) is 20.1. The molecule has 2 heterocycles. The van der Waals surface area contributed by atoms with Crippen molar-refractivity contribution in [3.05, 3.63) is 47.5 Å². The summed E-state index contributed by atoms with van der Waals surface area (Å²) in [6.45, 7) is 3.74. The van der Waals surface area contributed by atoms with E-state index < -0.39 is 53.8 Å². The molecule has 5 N–H and O–H groups in total. The van der Waals surface area contributed by atoms with Gasteiger partial charge in [0.1, 0.15) is 31.0 Å². The smallest absolute Gasteiger partial charge is 0.335 e. The lowest BCUT2D eigenvalue weighted by Gasteiger charge is -2.44. The molecule has 0 unspecified atom stereocenters. The van der Waals surface area contributed by atoms with Gasteiger partial charge in [-0.3, -0.25) is 4.68 Å². The van der Waals surface area contributed by atoms with E-state index in [1.807, 2.05) is 26.0 Å². The zero-order valence-electron chi connectivity index (χ0n) is 19.3. The van der Waals surface area contributed by atoms with Gasteiger partial charge in [-0.15, -0.1) is 0 Å². The number of aliphatic carboxylic acids is 1. The van der Waals surface area contributed by atoms with Crippen LogP contribution in [0.2, 0.25) is 5.02 Å². The van der Waals surface area contributed by atoms with Crippen LogP contribution in [0.4, 0.5) is 0 Å². The summed E-state index contributed by atoms with van der Waals surface area (Å²) in [6, 6.07) is 7.30. The van der Waals surface area contributed by atoms with Crippen molar-refractivity contribution < 1.29 is 39.8 Å². The van der Waals surface area contributed by atoms with Gasteiger partial charge in [0, 0.05) is 10.4 Å². The molecular weight excluding hydrogens is 482 g/mol. The number of benzene rings is 1. The highest BCUT2D eigenvalue weighted by Crippen LogP contribution is 2.53. The van der Waals surface area contributed by atoms with Gasteiger partial charge in [0.05, 0.1) is 18.2 Å². The van der Waals surface area contributed by atoms with E-state index in [1.54, 1.807) is 12.1 Å². The molecule has 1 aromatic heterocycles. The summed E-state index contributed by atoms with van der Waals surface area (Å²) in [7, 11) is 0. The van der Waals surface area contributed by atoms with Crippen molar-refractivity contribution in [2.24, 2.45) is 11.3 Å². The number of aliphatic hydroxyl groups excluding tert-OH is 3. The molecule has 1 aromatic carbocycles. The monoisotopic (exact) mass is 511 g/mol. The SMILES string of the molecule is CC1(C)[C@@H](O[C@H]2O[C@H](C(=O)O)[C@@H](O)[C@H](O)[C@H]2O)C[C@@H](Cc2ccc(Cl)cc2)[C@]1(O)Cn1cncn1. The van der Waals surface area contributed by atoms with Crippen molar-refractivity contribution in [3.8, 4) is 0 Å². The third-order valence-corrected chi connectivity index (χ3v) is 7.72. The Bertz CT molecular complexity index is 1020. The van der Waals surface area contributed by atoms with Gasteiger partial charge in [0.15, 0.2) is 12.4 Å². The van der Waals surface area contributed by atoms with E-state index >= 15 is 0 Å². The minimum Gasteiger partial charge on any atom is -0.479 e. The molecule has 1 aliphatic carbocycles. The molecule has 192 valence electrons. The van der Waals surface area contributed by atoms with Crippen LogP contribution in [0.15, 0.2) is 36.9 Å². The van der Waals surface area contributed by atoms with Crippen molar-refractivity contribution in [3.63, 3.8) is 0 Å². The number of ether oxygens (including phenoxy) is 2. The first kappa shape index (κ1) is 26.0. The van der Waals surface area contributed by atoms with Gasteiger partial charge in [-0.05, 0) is 36.5 Å². The summed E-state index contributed by atoms with van der Waals surface area (Å²) in [5.41, 5.74) is -1.33. The fourth-order valence-electron chi connectivity index (χ4n) is 5.16. The molecule has 2 aliphatic rings. The standard InChI is InChI=1S/C23H30ClN3O8/c1-22(2)15(34-21-18(30)16(28)17(29)19(35-21)20(31)32)8-13(7-12-3-5-14(24)6-4-12)23(22,33)9-27-11-25-10-26-27/h3-6,10-11,13,15-19,21,28-30,33H,7-9H2,1-2H3,(H,31,32)/t13-,15+,16+,17+,18-,19+,21+,23-/m1/s1. The van der Waals surface area contributed by atoms with Gasteiger partial charge in [-0.2, -0.15) is 5.10 Å². The van der Waals surface area contributed by atoms with E-state index in [2.05, 4.69) is 10.1 Å². The molecule has 1 saturated heterocycles. The van der Waals surface area contributed by atoms with Crippen LogP contribution in [-0.2, 0) is 27.2 Å². The van der Waals surface area contributed by atoms with Gasteiger partial charge >= 0.3 is 5.97 Å². The first-order valence-corrected chi connectivity index (χ1v) is 11.7. The number of aliphatic hydroxyl groups is 4. The van der Waals surface area contributed by atoms with Crippen LogP contribution in [0.3, 0.4) is 0 Å². The fraction of sp³-hybridized carbons (Fsp3) is 0.609. The molecule has 0 bridgehead atoms. The highest BCUT2D eigenvalue weighted by Gasteiger charge is 2.61. The van der Waals surface area contributed by atoms with E-state index in [4.69, 9.17) is 21.1 Å². The van der Waals surface area contributed by atoms with Crippen molar-refractivity contribution in [2.45, 2.75) is 75.6 Å². The average molecular weight is 512 g/mol. The maximum absolute atomic E-state index is 12.1. The molecule has 12 heteroatoms. The third kappa shape index (κ3) is 4.82. The summed E-state index contributed by atoms with van der Waals surface area (Å²) in [4.78, 5) is 15.4. The van der Waals surface area contributed by atoms with Crippen LogP contribution >= 0.6 is 11.6 Å². The Kier molecular flexibility index (Phi) is 7.22. The van der Waals surface area contributed by atoms with Crippen LogP contribution in [0, 0.1) is 11.3 Å². The van der Waals surface area contributed by atoms with Crippen LogP contribution in [0.1, 0.15) is 25.8 Å². The maximum Gasteiger partial charge on any atom is 0.335 e. The minimum absolute atomic E-state index is 0.116. The predicted octanol–water partition coefficient (Wildman–Crippen LogP) is 0.229. The summed E-state index contributed by atoms with van der Waals surface area (Å²) >= 11 is 6.02. The van der Waals surface area contributed by atoms with Gasteiger partial charge in [0.2, 0.25) is 0 Å². The van der Waals surface area contributed by atoms with Crippen LogP contribution in [-0.4, -0.2) is 88.7 Å². The Morgan fingerprint density at radius 1 is 1.20 bits per heavy atom. The molecule has 2 aromatic rings. The van der Waals surface area contributed by atoms with E-state index in [0.29, 0.717) is 17.9 Å². The van der Waals surface area contributed by atoms with Crippen molar-refractivity contribution in [2.75, 3.05) is 0 Å². The van der Waals surface area contributed by atoms with Gasteiger partial charge in [-0.25, -0.2) is 9.78 Å². The molecule has 0 amide bonds. The Balaban J connectivity index is 1.62. The number of carbonyl (C=O) groups is 1. The zero-order chi connectivity index (χ0) is 25.5. The second-order valence-electron chi connectivity index (χ2n) is 9.86. The Labute approximate surface area is 206 Å². The fourth-order valence-corrected chi connectivity index (χ4v) is 5.28. The van der Waals surface area contributed by atoms with Crippen molar-refractivity contribution in [1.29, 1.82) is 0 Å². The molecule has 35 heavy (non-hydrogen) atoms. The molecule has 11 nitrogen and oxygen atoms in total. The predicted molar refractivity (Wildman–Crippen MR) is 121 cm³/mol. The van der Waals surface area contributed by atoms with Crippen LogP contribution in [0.25, 0.3) is 0 Å². The van der Waals surface area contributed by atoms with E-state index in [-0.39, 0.29) is 12.5 Å². The molecule has 4 rings (SSSR count). The van der Waals surface area contributed by atoms with E-state index in [9.17, 15) is 30.3 Å². The number of nitrogens with zero attached hydrogens (tertiary/aromatic N) is 3. The normalized spacial score (nSPS) is 36.8. The highest BCUT2D eigenvalue weighted by atomic mass is 35.5. The molecule has 1 aliphatic heterocycles. The first-order chi connectivity index (χ1) is 16.4. The number of rotatable bonds is 7. The Hall–Kier alpha value is -2.12. The van der Waals surface area contributed by atoms with Crippen molar-refractivity contribution in [1.82, 2.24) is 14.8 Å². The molecule has 8 atom stereocenters. The number of aromatic nitrogens is 3. The van der Waals surface area contributed by atoms with Crippen LogP contribution in [0.5, 0.6) is 0 Å². The van der Waals surface area contributed by atoms with E-state index in [0.717, 1.165) is 5.56 Å². The Morgan fingerprint density at radius 2 is 1.89 bits per heavy atom. The Morgan fingerprint density at radius 3 is 2.49 bits per heavy atom. The molecular formula is C23H30ClN3O8. The maximum atomic E-state index is 12.1. The lowest BCUT2D eigenvalue weighted by molar-refractivity contribution is -0.313. The first-order valence-electron chi connectivity index (χ1n) is 11.3.